The number of nitrogens with one attached hydrogen (secondary N) is 1. The highest BCUT2D eigenvalue weighted by molar-refractivity contribution is 5.91. The zero-order valence-corrected chi connectivity index (χ0v) is 10.8. The van der Waals surface area contributed by atoms with Crippen LogP contribution in [0.2, 0.25) is 0 Å². The SMILES string of the molecule is COCCCN(C)CCn1cc(C(=O)NN)nn1. The molecule has 8 heteroatoms. The molecule has 8 nitrogen and oxygen atoms in total. The molecule has 0 saturated heterocycles. The van der Waals surface area contributed by atoms with Crippen LogP contribution in [-0.2, 0) is 11.3 Å². The van der Waals surface area contributed by atoms with Crippen LogP contribution in [0.15, 0.2) is 6.20 Å². The van der Waals surface area contributed by atoms with Crippen molar-refractivity contribution in [3.63, 3.8) is 0 Å². The minimum atomic E-state index is -0.435. The summed E-state index contributed by atoms with van der Waals surface area (Å²) in [6, 6.07) is 0. The number of ether oxygens (including phenoxy) is 1. The van der Waals surface area contributed by atoms with Crippen LogP contribution < -0.4 is 11.3 Å². The molecule has 0 saturated carbocycles. The number of carbonyl (C=O) groups excluding carboxylic acids is 1. The summed E-state index contributed by atoms with van der Waals surface area (Å²) in [5.41, 5.74) is 2.24. The predicted octanol–water partition coefficient (Wildman–Crippen LogP) is -1.15. The van der Waals surface area contributed by atoms with E-state index in [2.05, 4.69) is 15.2 Å². The summed E-state index contributed by atoms with van der Waals surface area (Å²) in [6.07, 6.45) is 2.57. The molecule has 0 fully saturated rings. The van der Waals surface area contributed by atoms with Gasteiger partial charge >= 0.3 is 0 Å². The molecule has 0 radical (unpaired) electrons. The molecule has 0 aliphatic rings. The number of nitrogens with zero attached hydrogens (tertiary/aromatic N) is 4. The number of hydrogen-bond donors (Lipinski definition) is 2. The van der Waals surface area contributed by atoms with Crippen molar-refractivity contribution in [2.24, 2.45) is 5.84 Å². The molecule has 1 heterocycles. The van der Waals surface area contributed by atoms with Crippen molar-refractivity contribution >= 4 is 5.91 Å². The first-order chi connectivity index (χ1) is 8.67. The average Bonchev–Trinajstić information content (AvgIpc) is 2.84. The van der Waals surface area contributed by atoms with Gasteiger partial charge in [-0.25, -0.2) is 5.84 Å². The molecule has 0 aromatic carbocycles. The Labute approximate surface area is 106 Å². The number of hydrazine groups is 1. The minimum absolute atomic E-state index is 0.222. The second kappa shape index (κ2) is 7.75. The molecule has 0 aliphatic heterocycles. The van der Waals surface area contributed by atoms with E-state index >= 15 is 0 Å². The van der Waals surface area contributed by atoms with Crippen molar-refractivity contribution < 1.29 is 9.53 Å². The van der Waals surface area contributed by atoms with E-state index in [9.17, 15) is 4.79 Å². The van der Waals surface area contributed by atoms with Crippen LogP contribution >= 0.6 is 0 Å². The summed E-state index contributed by atoms with van der Waals surface area (Å²) in [7, 11) is 3.72. The predicted molar refractivity (Wildman–Crippen MR) is 65.7 cm³/mol. The lowest BCUT2D eigenvalue weighted by Gasteiger charge is -2.15. The first-order valence-corrected chi connectivity index (χ1v) is 5.76. The number of carbonyl (C=O) groups is 1. The molecule has 1 aromatic rings. The largest absolute Gasteiger partial charge is 0.385 e. The zero-order chi connectivity index (χ0) is 13.4. The van der Waals surface area contributed by atoms with Crippen LogP contribution in [0.4, 0.5) is 0 Å². The fourth-order valence-corrected chi connectivity index (χ4v) is 1.45. The number of nitrogens with two attached hydrogens (primary N) is 1. The maximum Gasteiger partial charge on any atom is 0.287 e. The molecular weight excluding hydrogens is 236 g/mol. The van der Waals surface area contributed by atoms with Crippen molar-refractivity contribution in [3.8, 4) is 0 Å². The van der Waals surface area contributed by atoms with Crippen molar-refractivity contribution in [3.05, 3.63) is 11.9 Å². The normalized spacial score (nSPS) is 10.9. The minimum Gasteiger partial charge on any atom is -0.385 e. The monoisotopic (exact) mass is 256 g/mol. The average molecular weight is 256 g/mol. The maximum atomic E-state index is 11.2. The summed E-state index contributed by atoms with van der Waals surface area (Å²) in [5, 5.41) is 7.58. The Morgan fingerprint density at radius 2 is 2.39 bits per heavy atom. The topological polar surface area (TPSA) is 98.3 Å². The molecule has 18 heavy (non-hydrogen) atoms. The van der Waals surface area contributed by atoms with Gasteiger partial charge in [0.2, 0.25) is 0 Å². The number of amides is 1. The summed E-state index contributed by atoms with van der Waals surface area (Å²) in [4.78, 5) is 13.3. The Kier molecular flexibility index (Phi) is 6.26. The molecule has 1 aromatic heterocycles. The fraction of sp³-hybridized carbons (Fsp3) is 0.700. The van der Waals surface area contributed by atoms with Crippen molar-refractivity contribution in [1.82, 2.24) is 25.3 Å². The fourth-order valence-electron chi connectivity index (χ4n) is 1.45. The highest BCUT2D eigenvalue weighted by atomic mass is 16.5. The first kappa shape index (κ1) is 14.6. The van der Waals surface area contributed by atoms with Crippen molar-refractivity contribution in [1.29, 1.82) is 0 Å². The standard InChI is InChI=1S/C10H20N6O2/c1-15(4-3-7-18-2)5-6-16-8-9(13-14-16)10(17)12-11/h8H,3-7,11H2,1-2H3,(H,12,17). The van der Waals surface area contributed by atoms with E-state index in [1.165, 1.54) is 0 Å². The molecule has 0 aliphatic carbocycles. The molecule has 102 valence electrons. The Morgan fingerprint density at radius 3 is 3.06 bits per heavy atom. The lowest BCUT2D eigenvalue weighted by molar-refractivity contribution is 0.0948. The second-order valence-corrected chi connectivity index (χ2v) is 3.99. The van der Waals surface area contributed by atoms with Gasteiger partial charge in [-0.3, -0.25) is 14.9 Å². The first-order valence-electron chi connectivity index (χ1n) is 5.76. The van der Waals surface area contributed by atoms with E-state index in [-0.39, 0.29) is 5.69 Å². The lowest BCUT2D eigenvalue weighted by Crippen LogP contribution is -2.30. The second-order valence-electron chi connectivity index (χ2n) is 3.99. The van der Waals surface area contributed by atoms with Gasteiger partial charge in [0.05, 0.1) is 12.7 Å². The molecule has 1 rings (SSSR count). The van der Waals surface area contributed by atoms with Gasteiger partial charge in [-0.2, -0.15) is 0 Å². The molecule has 0 atom stereocenters. The van der Waals surface area contributed by atoms with Crippen molar-refractivity contribution in [2.45, 2.75) is 13.0 Å². The Hall–Kier alpha value is -1.51. The van der Waals surface area contributed by atoms with Gasteiger partial charge in [0.25, 0.3) is 5.91 Å². The van der Waals surface area contributed by atoms with E-state index < -0.39 is 5.91 Å². The Balaban J connectivity index is 2.30. The molecule has 0 unspecified atom stereocenters. The van der Waals surface area contributed by atoms with Crippen LogP contribution in [0.1, 0.15) is 16.9 Å². The molecule has 1 amide bonds. The number of hydrogen-bond acceptors (Lipinski definition) is 6. The zero-order valence-electron chi connectivity index (χ0n) is 10.8. The third kappa shape index (κ3) is 4.78. The van der Waals surface area contributed by atoms with Crippen molar-refractivity contribution in [2.75, 3.05) is 33.9 Å². The van der Waals surface area contributed by atoms with Crippen LogP contribution in [0.25, 0.3) is 0 Å². The van der Waals surface area contributed by atoms with Crippen LogP contribution in [0, 0.1) is 0 Å². The molecule has 0 bridgehead atoms. The number of aromatic nitrogens is 3. The van der Waals surface area contributed by atoms with E-state index in [0.29, 0.717) is 6.54 Å². The molecular formula is C10H20N6O2. The van der Waals surface area contributed by atoms with Gasteiger partial charge in [-0.15, -0.1) is 5.10 Å². The van der Waals surface area contributed by atoms with E-state index in [1.54, 1.807) is 18.0 Å². The van der Waals surface area contributed by atoms with Gasteiger partial charge in [0.1, 0.15) is 0 Å². The number of likely N-dealkylation sites (N-methyl/N-ethyl adjacent to an activating group) is 1. The van der Waals surface area contributed by atoms with Gasteiger partial charge in [-0.05, 0) is 13.5 Å². The maximum absolute atomic E-state index is 11.2. The van der Waals surface area contributed by atoms with E-state index in [4.69, 9.17) is 10.6 Å². The van der Waals surface area contributed by atoms with Crippen LogP contribution in [-0.4, -0.2) is 59.7 Å². The third-order valence-electron chi connectivity index (χ3n) is 2.50. The highest BCUT2D eigenvalue weighted by Gasteiger charge is 2.08. The van der Waals surface area contributed by atoms with Gasteiger partial charge < -0.3 is 9.64 Å². The van der Waals surface area contributed by atoms with E-state index in [1.807, 2.05) is 12.5 Å². The number of nitrogen functional groups attached to an aromatic ring is 1. The quantitative estimate of drug-likeness (QED) is 0.264. The number of methoxy groups -OCH3 is 1. The Morgan fingerprint density at radius 1 is 1.61 bits per heavy atom. The summed E-state index contributed by atoms with van der Waals surface area (Å²) in [5.74, 6) is 4.57. The lowest BCUT2D eigenvalue weighted by atomic mass is 10.4. The smallest absolute Gasteiger partial charge is 0.287 e. The number of rotatable bonds is 8. The summed E-state index contributed by atoms with van der Waals surface area (Å²) in [6.45, 7) is 3.22. The molecule has 0 spiro atoms. The van der Waals surface area contributed by atoms with Gasteiger partial charge in [0.15, 0.2) is 5.69 Å². The molecule has 3 N–H and O–H groups in total. The summed E-state index contributed by atoms with van der Waals surface area (Å²) >= 11 is 0. The Bertz CT molecular complexity index is 367. The van der Waals surface area contributed by atoms with Gasteiger partial charge in [-0.1, -0.05) is 5.21 Å². The highest BCUT2D eigenvalue weighted by Crippen LogP contribution is 1.94. The third-order valence-corrected chi connectivity index (χ3v) is 2.50. The van der Waals surface area contributed by atoms with E-state index in [0.717, 1.165) is 26.1 Å². The van der Waals surface area contributed by atoms with Crippen LogP contribution in [0.5, 0.6) is 0 Å². The van der Waals surface area contributed by atoms with Gasteiger partial charge in [0, 0.05) is 26.8 Å². The summed E-state index contributed by atoms with van der Waals surface area (Å²) < 4.78 is 6.61. The van der Waals surface area contributed by atoms with Crippen LogP contribution in [0.3, 0.4) is 0 Å².